The van der Waals surface area contributed by atoms with Crippen LogP contribution in [0.5, 0.6) is 0 Å². The molecule has 66 valence electrons. The van der Waals surface area contributed by atoms with Crippen molar-refractivity contribution in [3.05, 3.63) is 12.5 Å². The van der Waals surface area contributed by atoms with Crippen LogP contribution in [0.3, 0.4) is 0 Å². The van der Waals surface area contributed by atoms with E-state index in [9.17, 15) is 13.2 Å². The third kappa shape index (κ3) is 1.72. The second-order valence-corrected chi connectivity index (χ2v) is 3.48. The molecule has 8 heteroatoms. The molecule has 0 fully saturated rings. The number of imidazole rings is 1. The number of nitrogens with zero attached hydrogens (tertiary/aromatic N) is 1. The Morgan fingerprint density at radius 2 is 2.33 bits per heavy atom. The minimum absolute atomic E-state index is 0.287. The Hall–Kier alpha value is -1.57. The number of aromatic nitrogens is 2. The van der Waals surface area contributed by atoms with E-state index < -0.39 is 16.1 Å². The number of hydrogen-bond donors (Lipinski definition) is 3. The van der Waals surface area contributed by atoms with Gasteiger partial charge < -0.3 is 10.1 Å². The van der Waals surface area contributed by atoms with Crippen molar-refractivity contribution in [3.63, 3.8) is 0 Å². The number of hydrogen-bond acceptors (Lipinski definition) is 4. The van der Waals surface area contributed by atoms with E-state index in [4.69, 9.17) is 5.11 Å². The molecule has 0 saturated heterocycles. The summed E-state index contributed by atoms with van der Waals surface area (Å²) in [4.78, 5) is 15.7. The van der Waals surface area contributed by atoms with Crippen LogP contribution in [0.1, 0.15) is 0 Å². The lowest BCUT2D eigenvalue weighted by Gasteiger charge is -1.98. The van der Waals surface area contributed by atoms with Crippen molar-refractivity contribution in [2.75, 3.05) is 0 Å². The molecule has 0 unspecified atom stereocenters. The average molecular weight is 191 g/mol. The minimum Gasteiger partial charge on any atom is -0.464 e. The molecule has 0 radical (unpaired) electrons. The van der Waals surface area contributed by atoms with Gasteiger partial charge in [0.25, 0.3) is 10.0 Å². The summed E-state index contributed by atoms with van der Waals surface area (Å²) in [6.07, 6.45) is 0.506. The van der Waals surface area contributed by atoms with Crippen LogP contribution in [0.15, 0.2) is 17.6 Å². The lowest BCUT2D eigenvalue weighted by molar-refractivity contribution is 0.201. The fourth-order valence-electron chi connectivity index (χ4n) is 0.560. The van der Waals surface area contributed by atoms with E-state index >= 15 is 0 Å². The first-order chi connectivity index (χ1) is 5.52. The number of H-pyrrole nitrogens is 1. The van der Waals surface area contributed by atoms with Crippen molar-refractivity contribution in [3.8, 4) is 0 Å². The standard InChI is InChI=1S/C4H5N3O4S/c8-4(9)7-12(10,11)3-1-5-2-6-3/h1-2,7H,(H,5,6)(H,8,9). The molecule has 1 amide bonds. The maximum Gasteiger partial charge on any atom is 0.418 e. The Bertz CT molecular complexity index is 367. The quantitative estimate of drug-likeness (QED) is 0.575. The van der Waals surface area contributed by atoms with Gasteiger partial charge in [0.05, 0.1) is 12.5 Å². The number of sulfonamides is 1. The zero-order chi connectivity index (χ0) is 9.19. The summed E-state index contributed by atoms with van der Waals surface area (Å²) < 4.78 is 23.2. The molecule has 3 N–H and O–H groups in total. The Kier molecular flexibility index (Phi) is 2.00. The number of aromatic amines is 1. The molecule has 1 aromatic rings. The molecular weight excluding hydrogens is 186 g/mol. The van der Waals surface area contributed by atoms with E-state index in [0.717, 1.165) is 12.5 Å². The van der Waals surface area contributed by atoms with Crippen LogP contribution in [0.25, 0.3) is 0 Å². The predicted molar refractivity (Wildman–Crippen MR) is 36.9 cm³/mol. The Labute approximate surface area is 67.5 Å². The smallest absolute Gasteiger partial charge is 0.418 e. The van der Waals surface area contributed by atoms with E-state index in [1.165, 1.54) is 4.72 Å². The van der Waals surface area contributed by atoms with Crippen molar-refractivity contribution in [2.45, 2.75) is 5.03 Å². The number of carboxylic acid groups (broad SMARTS) is 1. The van der Waals surface area contributed by atoms with E-state index in [0.29, 0.717) is 0 Å². The normalized spacial score (nSPS) is 11.0. The van der Waals surface area contributed by atoms with Gasteiger partial charge >= 0.3 is 6.09 Å². The van der Waals surface area contributed by atoms with Crippen LogP contribution >= 0.6 is 0 Å². The van der Waals surface area contributed by atoms with Gasteiger partial charge in [-0.1, -0.05) is 0 Å². The number of amides is 1. The molecule has 0 aliphatic rings. The third-order valence-corrected chi connectivity index (χ3v) is 2.23. The van der Waals surface area contributed by atoms with Gasteiger partial charge in [0, 0.05) is 0 Å². The highest BCUT2D eigenvalue weighted by Crippen LogP contribution is 2.00. The summed E-state index contributed by atoms with van der Waals surface area (Å²) in [6, 6.07) is 0. The molecular formula is C4H5N3O4S. The maximum atomic E-state index is 10.9. The molecule has 1 aromatic heterocycles. The van der Waals surface area contributed by atoms with E-state index in [-0.39, 0.29) is 5.03 Å². The molecule has 0 atom stereocenters. The summed E-state index contributed by atoms with van der Waals surface area (Å²) in [5.41, 5.74) is 0. The topological polar surface area (TPSA) is 112 Å². The largest absolute Gasteiger partial charge is 0.464 e. The molecule has 0 aromatic carbocycles. The molecule has 7 nitrogen and oxygen atoms in total. The summed E-state index contributed by atoms with van der Waals surface area (Å²) in [7, 11) is -3.98. The molecule has 12 heavy (non-hydrogen) atoms. The number of carbonyl (C=O) groups is 1. The first-order valence-electron chi connectivity index (χ1n) is 2.76. The Balaban J connectivity index is 2.96. The van der Waals surface area contributed by atoms with E-state index in [2.05, 4.69) is 9.97 Å². The zero-order valence-electron chi connectivity index (χ0n) is 5.68. The Morgan fingerprint density at radius 3 is 2.75 bits per heavy atom. The van der Waals surface area contributed by atoms with Gasteiger partial charge in [-0.3, -0.25) is 0 Å². The summed E-state index contributed by atoms with van der Waals surface area (Å²) in [5.74, 6) is 0. The van der Waals surface area contributed by atoms with Crippen LogP contribution in [-0.2, 0) is 10.0 Å². The van der Waals surface area contributed by atoms with Gasteiger partial charge in [-0.05, 0) is 0 Å². The molecule has 1 rings (SSSR count). The van der Waals surface area contributed by atoms with Crippen molar-refractivity contribution in [2.24, 2.45) is 0 Å². The third-order valence-electron chi connectivity index (χ3n) is 0.984. The van der Waals surface area contributed by atoms with Gasteiger partial charge in [0.2, 0.25) is 0 Å². The van der Waals surface area contributed by atoms with Crippen LogP contribution in [-0.4, -0.2) is 29.6 Å². The number of rotatable bonds is 2. The second kappa shape index (κ2) is 2.81. The molecule has 1 heterocycles. The summed E-state index contributed by atoms with van der Waals surface area (Å²) in [5, 5.41) is 7.84. The van der Waals surface area contributed by atoms with Crippen LogP contribution in [0.2, 0.25) is 0 Å². The van der Waals surface area contributed by atoms with Crippen molar-refractivity contribution in [1.82, 2.24) is 14.7 Å². The Morgan fingerprint density at radius 1 is 1.67 bits per heavy atom. The van der Waals surface area contributed by atoms with Gasteiger partial charge in [-0.2, -0.15) is 8.42 Å². The minimum atomic E-state index is -3.98. The summed E-state index contributed by atoms with van der Waals surface area (Å²) in [6.45, 7) is 0. The predicted octanol–water partition coefficient (Wildman–Crippen LogP) is -0.634. The van der Waals surface area contributed by atoms with E-state index in [1.54, 1.807) is 0 Å². The highest BCUT2D eigenvalue weighted by Gasteiger charge is 2.17. The SMILES string of the molecule is O=C(O)NS(=O)(=O)c1cnc[nH]1. The molecule has 0 aliphatic heterocycles. The average Bonchev–Trinajstić information content (AvgIpc) is 2.32. The molecule has 0 bridgehead atoms. The lowest BCUT2D eigenvalue weighted by Crippen LogP contribution is -2.29. The monoisotopic (exact) mass is 191 g/mol. The van der Waals surface area contributed by atoms with Crippen LogP contribution in [0, 0.1) is 0 Å². The molecule has 0 spiro atoms. The first-order valence-corrected chi connectivity index (χ1v) is 4.25. The molecule has 0 saturated carbocycles. The fraction of sp³-hybridized carbons (Fsp3) is 0. The van der Waals surface area contributed by atoms with Crippen LogP contribution < -0.4 is 4.72 Å². The lowest BCUT2D eigenvalue weighted by atomic mass is 11.0. The zero-order valence-corrected chi connectivity index (χ0v) is 6.50. The van der Waals surface area contributed by atoms with E-state index in [1.807, 2.05) is 0 Å². The van der Waals surface area contributed by atoms with Crippen LogP contribution in [0.4, 0.5) is 4.79 Å². The van der Waals surface area contributed by atoms with Crippen molar-refractivity contribution in [1.29, 1.82) is 0 Å². The maximum absolute atomic E-state index is 10.9. The highest BCUT2D eigenvalue weighted by atomic mass is 32.2. The summed E-state index contributed by atoms with van der Waals surface area (Å²) >= 11 is 0. The van der Waals surface area contributed by atoms with Gasteiger partial charge in [-0.15, -0.1) is 0 Å². The number of nitrogens with one attached hydrogen (secondary N) is 2. The van der Waals surface area contributed by atoms with Gasteiger partial charge in [0.1, 0.15) is 0 Å². The van der Waals surface area contributed by atoms with Gasteiger partial charge in [-0.25, -0.2) is 14.5 Å². The second-order valence-electron chi connectivity index (χ2n) is 1.83. The van der Waals surface area contributed by atoms with Crippen molar-refractivity contribution >= 4 is 16.1 Å². The first kappa shape index (κ1) is 8.53. The van der Waals surface area contributed by atoms with Gasteiger partial charge in [0.15, 0.2) is 5.03 Å². The van der Waals surface area contributed by atoms with Crippen molar-refractivity contribution < 1.29 is 18.3 Å². The molecule has 0 aliphatic carbocycles. The fourth-order valence-corrected chi connectivity index (χ4v) is 1.31. The highest BCUT2D eigenvalue weighted by molar-refractivity contribution is 7.90.